The van der Waals surface area contributed by atoms with E-state index in [1.807, 2.05) is 44.2 Å². The monoisotopic (exact) mass is 475 g/mol. The van der Waals surface area contributed by atoms with Crippen molar-refractivity contribution in [3.8, 4) is 0 Å². The van der Waals surface area contributed by atoms with Crippen molar-refractivity contribution in [3.63, 3.8) is 0 Å². The molecule has 0 amide bonds. The quantitative estimate of drug-likeness (QED) is 0.469. The maximum Gasteiger partial charge on any atom is 0.245 e. The maximum absolute atomic E-state index is 13.4. The second-order valence-electron chi connectivity index (χ2n) is 8.22. The number of hydrogen-bond donors (Lipinski definition) is 1. The normalized spacial score (nSPS) is 14.9. The zero-order chi connectivity index (χ0) is 23.7. The lowest BCUT2D eigenvalue weighted by molar-refractivity contribution is 0.384. The lowest BCUT2D eigenvalue weighted by Crippen LogP contribution is -2.49. The summed E-state index contributed by atoms with van der Waals surface area (Å²) in [6, 6.07) is 14.7. The van der Waals surface area contributed by atoms with Crippen LogP contribution in [0.3, 0.4) is 0 Å². The first-order valence-corrected chi connectivity index (χ1v) is 12.5. The summed E-state index contributed by atoms with van der Waals surface area (Å²) in [5.74, 6) is 2.75. The zero-order valence-corrected chi connectivity index (χ0v) is 19.8. The molecule has 1 N–H and O–H groups in total. The number of fused-ring (bicyclic) bond motifs is 1. The van der Waals surface area contributed by atoms with Crippen LogP contribution in [0.1, 0.15) is 11.4 Å². The standard InChI is InChI=1S/C24H25N7O2S/c1-17-8-10-25-21(15-17)29-22-16-23(28-18(2)27-22)30-11-13-31(14-12-30)34(32,33)20-7-3-5-19-6-4-9-26-24(19)20/h3-10,15-16H,11-14H2,1-2H3,(H,25,27,28,29). The number of aryl methyl sites for hydroxylation is 2. The molecule has 1 aliphatic rings. The van der Waals surface area contributed by atoms with Crippen molar-refractivity contribution in [3.05, 3.63) is 72.3 Å². The Bertz CT molecular complexity index is 1450. The Morgan fingerprint density at radius 2 is 1.65 bits per heavy atom. The van der Waals surface area contributed by atoms with Gasteiger partial charge in [-0.2, -0.15) is 4.31 Å². The number of benzene rings is 1. The van der Waals surface area contributed by atoms with E-state index >= 15 is 0 Å². The Labute approximate surface area is 198 Å². The number of anilines is 3. The molecule has 9 nitrogen and oxygen atoms in total. The van der Waals surface area contributed by atoms with E-state index in [-0.39, 0.29) is 4.90 Å². The van der Waals surface area contributed by atoms with E-state index < -0.39 is 10.0 Å². The summed E-state index contributed by atoms with van der Waals surface area (Å²) in [5.41, 5.74) is 1.60. The molecular formula is C24H25N7O2S. The SMILES string of the molecule is Cc1ccnc(Nc2cc(N3CCN(S(=O)(=O)c4cccc5cccnc45)CC3)nc(C)n2)c1. The van der Waals surface area contributed by atoms with Crippen LogP contribution in [-0.2, 0) is 10.0 Å². The predicted molar refractivity (Wildman–Crippen MR) is 132 cm³/mol. The van der Waals surface area contributed by atoms with Crippen LogP contribution in [0, 0.1) is 13.8 Å². The van der Waals surface area contributed by atoms with Gasteiger partial charge in [0.05, 0.1) is 5.52 Å². The van der Waals surface area contributed by atoms with Crippen LogP contribution >= 0.6 is 0 Å². The summed E-state index contributed by atoms with van der Waals surface area (Å²) < 4.78 is 28.3. The summed E-state index contributed by atoms with van der Waals surface area (Å²) in [4.78, 5) is 20.0. The average molecular weight is 476 g/mol. The van der Waals surface area contributed by atoms with Crippen LogP contribution < -0.4 is 10.2 Å². The van der Waals surface area contributed by atoms with Gasteiger partial charge in [0.15, 0.2) is 0 Å². The van der Waals surface area contributed by atoms with Crippen molar-refractivity contribution in [1.82, 2.24) is 24.2 Å². The minimum Gasteiger partial charge on any atom is -0.354 e. The Balaban J connectivity index is 1.34. The molecule has 4 aromatic rings. The van der Waals surface area contributed by atoms with Crippen molar-refractivity contribution in [1.29, 1.82) is 0 Å². The predicted octanol–water partition coefficient (Wildman–Crippen LogP) is 3.29. The summed E-state index contributed by atoms with van der Waals surface area (Å²) in [5, 5.41) is 4.04. The number of nitrogens with zero attached hydrogens (tertiary/aromatic N) is 6. The highest BCUT2D eigenvalue weighted by molar-refractivity contribution is 7.89. The second kappa shape index (κ2) is 8.96. The summed E-state index contributed by atoms with van der Waals surface area (Å²) in [7, 11) is -3.66. The van der Waals surface area contributed by atoms with Gasteiger partial charge in [0, 0.05) is 50.0 Å². The molecule has 3 aromatic heterocycles. The first kappa shape index (κ1) is 22.2. The van der Waals surface area contributed by atoms with Crippen LogP contribution in [-0.4, -0.2) is 58.8 Å². The largest absolute Gasteiger partial charge is 0.354 e. The molecule has 1 saturated heterocycles. The highest BCUT2D eigenvalue weighted by atomic mass is 32.2. The second-order valence-corrected chi connectivity index (χ2v) is 10.1. The topological polar surface area (TPSA) is 104 Å². The highest BCUT2D eigenvalue weighted by Crippen LogP contribution is 2.26. The molecule has 4 heterocycles. The molecule has 0 spiro atoms. The Kier molecular flexibility index (Phi) is 5.84. The number of nitrogens with one attached hydrogen (secondary N) is 1. The molecule has 1 aliphatic heterocycles. The summed E-state index contributed by atoms with van der Waals surface area (Å²) >= 11 is 0. The van der Waals surface area contributed by atoms with Gasteiger partial charge in [0.2, 0.25) is 10.0 Å². The van der Waals surface area contributed by atoms with Crippen molar-refractivity contribution in [2.24, 2.45) is 0 Å². The lowest BCUT2D eigenvalue weighted by atomic mass is 10.2. The maximum atomic E-state index is 13.4. The molecule has 0 bridgehead atoms. The lowest BCUT2D eigenvalue weighted by Gasteiger charge is -2.35. The number of para-hydroxylation sites is 1. The molecule has 0 aliphatic carbocycles. The zero-order valence-electron chi connectivity index (χ0n) is 19.0. The van der Waals surface area contributed by atoms with Crippen molar-refractivity contribution in [2.75, 3.05) is 36.4 Å². The van der Waals surface area contributed by atoms with Crippen LogP contribution in [0.15, 0.2) is 65.8 Å². The van der Waals surface area contributed by atoms with Gasteiger partial charge in [-0.05, 0) is 43.7 Å². The fourth-order valence-electron chi connectivity index (χ4n) is 4.09. The van der Waals surface area contributed by atoms with Gasteiger partial charge in [-0.15, -0.1) is 0 Å². The molecule has 0 saturated carbocycles. The Morgan fingerprint density at radius 1 is 0.853 bits per heavy atom. The molecule has 0 radical (unpaired) electrons. The number of hydrogen-bond acceptors (Lipinski definition) is 8. The molecule has 1 aromatic carbocycles. The average Bonchev–Trinajstić information content (AvgIpc) is 2.83. The van der Waals surface area contributed by atoms with Gasteiger partial charge < -0.3 is 10.2 Å². The van der Waals surface area contributed by atoms with E-state index in [4.69, 9.17) is 0 Å². The molecule has 174 valence electrons. The molecular weight excluding hydrogens is 450 g/mol. The third kappa shape index (κ3) is 4.42. The molecule has 5 rings (SSSR count). The van der Waals surface area contributed by atoms with Crippen molar-refractivity contribution >= 4 is 38.4 Å². The smallest absolute Gasteiger partial charge is 0.245 e. The van der Waals surface area contributed by atoms with E-state index in [0.717, 1.165) is 16.8 Å². The first-order chi connectivity index (χ1) is 16.4. The van der Waals surface area contributed by atoms with Gasteiger partial charge in [-0.25, -0.2) is 23.4 Å². The van der Waals surface area contributed by atoms with E-state index in [9.17, 15) is 8.42 Å². The van der Waals surface area contributed by atoms with Gasteiger partial charge >= 0.3 is 0 Å². The van der Waals surface area contributed by atoms with Gasteiger partial charge in [0.1, 0.15) is 28.2 Å². The molecule has 0 atom stereocenters. The number of pyridine rings is 2. The minimum atomic E-state index is -3.66. The van der Waals surface area contributed by atoms with Gasteiger partial charge in [-0.1, -0.05) is 18.2 Å². The Hall–Kier alpha value is -3.63. The van der Waals surface area contributed by atoms with E-state index in [0.29, 0.717) is 49.2 Å². The molecule has 10 heteroatoms. The van der Waals surface area contributed by atoms with E-state index in [2.05, 4.69) is 30.2 Å². The fraction of sp³-hybridized carbons (Fsp3) is 0.250. The molecule has 34 heavy (non-hydrogen) atoms. The van der Waals surface area contributed by atoms with Crippen molar-refractivity contribution in [2.45, 2.75) is 18.7 Å². The fourth-order valence-corrected chi connectivity index (χ4v) is 5.68. The van der Waals surface area contributed by atoms with E-state index in [1.165, 1.54) is 4.31 Å². The van der Waals surface area contributed by atoms with E-state index in [1.54, 1.807) is 30.6 Å². The summed E-state index contributed by atoms with van der Waals surface area (Å²) in [6.45, 7) is 5.61. The van der Waals surface area contributed by atoms with Crippen LogP contribution in [0.5, 0.6) is 0 Å². The van der Waals surface area contributed by atoms with Gasteiger partial charge in [0.25, 0.3) is 0 Å². The first-order valence-electron chi connectivity index (χ1n) is 11.0. The number of rotatable bonds is 5. The minimum absolute atomic E-state index is 0.245. The third-order valence-electron chi connectivity index (χ3n) is 5.77. The highest BCUT2D eigenvalue weighted by Gasteiger charge is 2.30. The van der Waals surface area contributed by atoms with Crippen LogP contribution in [0.4, 0.5) is 17.5 Å². The molecule has 1 fully saturated rings. The van der Waals surface area contributed by atoms with Crippen molar-refractivity contribution < 1.29 is 8.42 Å². The van der Waals surface area contributed by atoms with Gasteiger partial charge in [-0.3, -0.25) is 4.98 Å². The van der Waals surface area contributed by atoms with Crippen LogP contribution in [0.25, 0.3) is 10.9 Å². The number of sulfonamides is 1. The number of aromatic nitrogens is 4. The Morgan fingerprint density at radius 3 is 2.44 bits per heavy atom. The van der Waals surface area contributed by atoms with Crippen LogP contribution in [0.2, 0.25) is 0 Å². The number of piperazine rings is 1. The molecule has 0 unspecified atom stereocenters. The summed E-state index contributed by atoms with van der Waals surface area (Å²) in [6.07, 6.45) is 3.37. The third-order valence-corrected chi connectivity index (χ3v) is 7.70.